The third-order valence-corrected chi connectivity index (χ3v) is 2.33. The first-order valence-electron chi connectivity index (χ1n) is 5.69. The number of benzene rings is 1. The van der Waals surface area contributed by atoms with E-state index >= 15 is 0 Å². The minimum Gasteiger partial charge on any atom is -0.379 e. The van der Waals surface area contributed by atoms with Gasteiger partial charge in [0.2, 0.25) is 0 Å². The van der Waals surface area contributed by atoms with Gasteiger partial charge in [-0.05, 0) is 44.4 Å². The zero-order chi connectivity index (χ0) is 12.0. The highest BCUT2D eigenvalue weighted by atomic mass is 19.1. The van der Waals surface area contributed by atoms with Gasteiger partial charge in [-0.3, -0.25) is 0 Å². The molecule has 0 aromatic heterocycles. The molecule has 0 spiro atoms. The van der Waals surface area contributed by atoms with Crippen LogP contribution < -0.4 is 5.73 Å². The van der Waals surface area contributed by atoms with Gasteiger partial charge in [-0.15, -0.1) is 0 Å². The molecule has 0 fully saturated rings. The van der Waals surface area contributed by atoms with Crippen molar-refractivity contribution in [1.82, 2.24) is 0 Å². The lowest BCUT2D eigenvalue weighted by atomic mass is 10.0. The molecule has 0 heterocycles. The third kappa shape index (κ3) is 5.24. The summed E-state index contributed by atoms with van der Waals surface area (Å²) in [5, 5.41) is 0. The number of ether oxygens (including phenoxy) is 1. The summed E-state index contributed by atoms with van der Waals surface area (Å²) in [6.45, 7) is 4.66. The number of hydrogen-bond acceptors (Lipinski definition) is 2. The molecule has 16 heavy (non-hydrogen) atoms. The number of rotatable bonds is 6. The Hall–Kier alpha value is -0.930. The molecule has 0 saturated carbocycles. The summed E-state index contributed by atoms with van der Waals surface area (Å²) in [5.74, 6) is -0.205. The van der Waals surface area contributed by atoms with Gasteiger partial charge in [0.25, 0.3) is 0 Å². The van der Waals surface area contributed by atoms with E-state index in [9.17, 15) is 4.39 Å². The number of halogens is 1. The molecule has 0 bridgehead atoms. The molecule has 90 valence electrons. The van der Waals surface area contributed by atoms with Crippen molar-refractivity contribution in [2.75, 3.05) is 6.61 Å². The molecule has 1 aromatic rings. The van der Waals surface area contributed by atoms with Crippen molar-refractivity contribution in [2.24, 2.45) is 5.73 Å². The molecule has 0 saturated heterocycles. The highest BCUT2D eigenvalue weighted by Crippen LogP contribution is 2.07. The Morgan fingerprint density at radius 3 is 2.75 bits per heavy atom. The van der Waals surface area contributed by atoms with Gasteiger partial charge in [0, 0.05) is 12.6 Å². The summed E-state index contributed by atoms with van der Waals surface area (Å²) >= 11 is 0. The van der Waals surface area contributed by atoms with E-state index in [-0.39, 0.29) is 18.0 Å². The van der Waals surface area contributed by atoms with Crippen molar-refractivity contribution in [3.05, 3.63) is 35.6 Å². The Labute approximate surface area is 96.6 Å². The van der Waals surface area contributed by atoms with Crippen molar-refractivity contribution in [3.8, 4) is 0 Å². The average Bonchev–Trinajstić information content (AvgIpc) is 2.16. The van der Waals surface area contributed by atoms with Gasteiger partial charge in [0.15, 0.2) is 0 Å². The van der Waals surface area contributed by atoms with Crippen LogP contribution in [-0.4, -0.2) is 18.8 Å². The predicted octanol–water partition coefficient (Wildman–Crippen LogP) is 2.51. The first-order chi connectivity index (χ1) is 7.58. The van der Waals surface area contributed by atoms with Gasteiger partial charge in [0.05, 0.1) is 6.10 Å². The number of nitrogens with two attached hydrogens (primary N) is 1. The molecule has 0 radical (unpaired) electrons. The first kappa shape index (κ1) is 13.1. The van der Waals surface area contributed by atoms with Crippen LogP contribution in [0.1, 0.15) is 25.8 Å². The minimum atomic E-state index is -0.205. The fraction of sp³-hybridized carbons (Fsp3) is 0.538. The minimum absolute atomic E-state index is 0.0283. The van der Waals surface area contributed by atoms with E-state index < -0.39 is 0 Å². The second kappa shape index (κ2) is 6.61. The zero-order valence-corrected chi connectivity index (χ0v) is 9.95. The van der Waals surface area contributed by atoms with Gasteiger partial charge in [-0.1, -0.05) is 12.1 Å². The third-order valence-electron chi connectivity index (χ3n) is 2.33. The van der Waals surface area contributed by atoms with Crippen LogP contribution in [0.25, 0.3) is 0 Å². The summed E-state index contributed by atoms with van der Waals surface area (Å²) in [6, 6.07) is 6.61. The summed E-state index contributed by atoms with van der Waals surface area (Å²) in [5.41, 5.74) is 6.88. The lowest BCUT2D eigenvalue weighted by molar-refractivity contribution is 0.0737. The zero-order valence-electron chi connectivity index (χ0n) is 9.95. The Morgan fingerprint density at radius 1 is 1.38 bits per heavy atom. The van der Waals surface area contributed by atoms with Crippen molar-refractivity contribution < 1.29 is 9.13 Å². The van der Waals surface area contributed by atoms with Gasteiger partial charge < -0.3 is 10.5 Å². The Bertz CT molecular complexity index is 315. The lowest BCUT2D eigenvalue weighted by Crippen LogP contribution is -2.25. The van der Waals surface area contributed by atoms with Crippen molar-refractivity contribution >= 4 is 0 Å². The summed E-state index contributed by atoms with van der Waals surface area (Å²) in [7, 11) is 0. The average molecular weight is 225 g/mol. The molecule has 0 amide bonds. The van der Waals surface area contributed by atoms with Crippen LogP contribution in [0, 0.1) is 5.82 Å². The van der Waals surface area contributed by atoms with E-state index in [4.69, 9.17) is 10.5 Å². The molecule has 3 heteroatoms. The molecular weight excluding hydrogens is 205 g/mol. The Kier molecular flexibility index (Phi) is 5.43. The Balaban J connectivity index is 2.31. The fourth-order valence-corrected chi connectivity index (χ4v) is 1.52. The lowest BCUT2D eigenvalue weighted by Gasteiger charge is -2.13. The monoisotopic (exact) mass is 225 g/mol. The summed E-state index contributed by atoms with van der Waals surface area (Å²) in [4.78, 5) is 0. The van der Waals surface area contributed by atoms with Crippen LogP contribution in [0.3, 0.4) is 0 Å². The summed E-state index contributed by atoms with van der Waals surface area (Å²) in [6.07, 6.45) is 1.73. The predicted molar refractivity (Wildman–Crippen MR) is 63.8 cm³/mol. The number of hydrogen-bond donors (Lipinski definition) is 1. The van der Waals surface area contributed by atoms with Crippen LogP contribution in [-0.2, 0) is 11.2 Å². The van der Waals surface area contributed by atoms with Gasteiger partial charge in [-0.25, -0.2) is 4.39 Å². The smallest absolute Gasteiger partial charge is 0.123 e. The topological polar surface area (TPSA) is 35.2 Å². The molecule has 2 N–H and O–H groups in total. The standard InChI is InChI=1S/C13H20FNO/c1-10(2)16-7-6-13(15)9-11-4-3-5-12(14)8-11/h3-5,8,10,13H,6-7,9,15H2,1-2H3. The maximum Gasteiger partial charge on any atom is 0.123 e. The highest BCUT2D eigenvalue weighted by molar-refractivity contribution is 5.17. The first-order valence-corrected chi connectivity index (χ1v) is 5.69. The second-order valence-corrected chi connectivity index (χ2v) is 4.30. The van der Waals surface area contributed by atoms with Crippen molar-refractivity contribution in [2.45, 2.75) is 38.8 Å². The van der Waals surface area contributed by atoms with Crippen LogP contribution in [0.2, 0.25) is 0 Å². The highest BCUT2D eigenvalue weighted by Gasteiger charge is 2.05. The van der Waals surface area contributed by atoms with Crippen LogP contribution in [0.15, 0.2) is 24.3 Å². The molecular formula is C13H20FNO. The van der Waals surface area contributed by atoms with Gasteiger partial charge in [0.1, 0.15) is 5.82 Å². The van der Waals surface area contributed by atoms with Crippen LogP contribution in [0.4, 0.5) is 4.39 Å². The fourth-order valence-electron chi connectivity index (χ4n) is 1.52. The maximum atomic E-state index is 12.9. The maximum absolute atomic E-state index is 12.9. The molecule has 2 nitrogen and oxygen atoms in total. The second-order valence-electron chi connectivity index (χ2n) is 4.30. The molecule has 0 aliphatic heterocycles. The normalized spacial score (nSPS) is 13.1. The van der Waals surface area contributed by atoms with E-state index in [0.717, 1.165) is 12.0 Å². The molecule has 1 aromatic carbocycles. The summed E-state index contributed by atoms with van der Waals surface area (Å²) < 4.78 is 18.3. The van der Waals surface area contributed by atoms with Crippen molar-refractivity contribution in [3.63, 3.8) is 0 Å². The molecule has 1 atom stereocenters. The SMILES string of the molecule is CC(C)OCCC(N)Cc1cccc(F)c1. The molecule has 1 rings (SSSR count). The Morgan fingerprint density at radius 2 is 2.12 bits per heavy atom. The van der Waals surface area contributed by atoms with E-state index in [1.54, 1.807) is 6.07 Å². The van der Waals surface area contributed by atoms with Crippen molar-refractivity contribution in [1.29, 1.82) is 0 Å². The van der Waals surface area contributed by atoms with E-state index in [2.05, 4.69) is 0 Å². The van der Waals surface area contributed by atoms with E-state index in [1.165, 1.54) is 12.1 Å². The molecule has 0 aliphatic carbocycles. The van der Waals surface area contributed by atoms with E-state index in [0.29, 0.717) is 13.0 Å². The van der Waals surface area contributed by atoms with Crippen LogP contribution in [0.5, 0.6) is 0 Å². The van der Waals surface area contributed by atoms with E-state index in [1.807, 2.05) is 19.9 Å². The quantitative estimate of drug-likeness (QED) is 0.807. The molecule has 0 aliphatic rings. The largest absolute Gasteiger partial charge is 0.379 e. The van der Waals surface area contributed by atoms with Gasteiger partial charge >= 0.3 is 0 Å². The molecule has 1 unspecified atom stereocenters. The van der Waals surface area contributed by atoms with Crippen LogP contribution >= 0.6 is 0 Å². The van der Waals surface area contributed by atoms with Gasteiger partial charge in [-0.2, -0.15) is 0 Å².